The van der Waals surface area contributed by atoms with Crippen molar-refractivity contribution in [3.8, 4) is 0 Å². The summed E-state index contributed by atoms with van der Waals surface area (Å²) in [7, 11) is 0. The first kappa shape index (κ1) is 18.7. The van der Waals surface area contributed by atoms with Crippen molar-refractivity contribution in [1.29, 1.82) is 0 Å². The second-order valence-corrected chi connectivity index (χ2v) is 5.37. The van der Waals surface area contributed by atoms with Crippen LogP contribution in [-0.2, 0) is 14.3 Å². The predicted octanol–water partition coefficient (Wildman–Crippen LogP) is 1.49. The largest absolute Gasteiger partial charge is 0.466 e. The van der Waals surface area contributed by atoms with Gasteiger partial charge in [-0.05, 0) is 31.4 Å². The number of hydrogen-bond donors (Lipinski definition) is 2. The molecular formula is C16H24N2O5. The summed E-state index contributed by atoms with van der Waals surface area (Å²) < 4.78 is 9.82. The van der Waals surface area contributed by atoms with Crippen LogP contribution < -0.4 is 10.6 Å². The highest BCUT2D eigenvalue weighted by atomic mass is 16.5. The van der Waals surface area contributed by atoms with Crippen molar-refractivity contribution in [2.24, 2.45) is 5.92 Å². The van der Waals surface area contributed by atoms with Crippen molar-refractivity contribution in [3.05, 3.63) is 24.2 Å². The smallest absolute Gasteiger partial charge is 0.305 e. The molecule has 0 fully saturated rings. The first-order valence-corrected chi connectivity index (χ1v) is 7.73. The van der Waals surface area contributed by atoms with Gasteiger partial charge < -0.3 is 19.8 Å². The number of nitrogens with one attached hydrogen (secondary N) is 2. The SMILES string of the molecule is CCOC(=O)CCCNC(=O)C(NC(=O)c1ccco1)C(C)C. The third-order valence-corrected chi connectivity index (χ3v) is 3.14. The van der Waals surface area contributed by atoms with E-state index in [0.29, 0.717) is 19.6 Å². The molecule has 0 saturated heterocycles. The van der Waals surface area contributed by atoms with Crippen LogP contribution in [0.4, 0.5) is 0 Å². The quantitative estimate of drug-likeness (QED) is 0.530. The van der Waals surface area contributed by atoms with Gasteiger partial charge in [0.25, 0.3) is 5.91 Å². The Balaban J connectivity index is 2.42. The third kappa shape index (κ3) is 6.54. The maximum atomic E-state index is 12.2. The lowest BCUT2D eigenvalue weighted by atomic mass is 10.0. The molecule has 7 nitrogen and oxygen atoms in total. The van der Waals surface area contributed by atoms with E-state index in [1.807, 2.05) is 13.8 Å². The monoisotopic (exact) mass is 324 g/mol. The van der Waals surface area contributed by atoms with Gasteiger partial charge in [-0.1, -0.05) is 13.8 Å². The average molecular weight is 324 g/mol. The second-order valence-electron chi connectivity index (χ2n) is 5.37. The van der Waals surface area contributed by atoms with E-state index >= 15 is 0 Å². The Morgan fingerprint density at radius 1 is 1.30 bits per heavy atom. The number of esters is 1. The van der Waals surface area contributed by atoms with Crippen LogP contribution in [0.25, 0.3) is 0 Å². The molecule has 0 bridgehead atoms. The van der Waals surface area contributed by atoms with Crippen molar-refractivity contribution in [1.82, 2.24) is 10.6 Å². The first-order valence-electron chi connectivity index (χ1n) is 7.73. The molecule has 128 valence electrons. The fourth-order valence-electron chi connectivity index (χ4n) is 1.94. The molecule has 2 amide bonds. The van der Waals surface area contributed by atoms with Crippen LogP contribution in [0, 0.1) is 5.92 Å². The summed E-state index contributed by atoms with van der Waals surface area (Å²) in [6, 6.07) is 2.47. The summed E-state index contributed by atoms with van der Waals surface area (Å²) in [6.45, 7) is 6.11. The summed E-state index contributed by atoms with van der Waals surface area (Å²) in [5, 5.41) is 5.37. The molecule has 1 atom stereocenters. The van der Waals surface area contributed by atoms with Gasteiger partial charge in [0, 0.05) is 13.0 Å². The number of rotatable bonds is 9. The number of carbonyl (C=O) groups is 3. The summed E-state index contributed by atoms with van der Waals surface area (Å²) in [6.07, 6.45) is 2.13. The van der Waals surface area contributed by atoms with E-state index in [4.69, 9.17) is 9.15 Å². The maximum Gasteiger partial charge on any atom is 0.305 e. The van der Waals surface area contributed by atoms with E-state index in [9.17, 15) is 14.4 Å². The zero-order valence-corrected chi connectivity index (χ0v) is 13.8. The molecule has 0 aliphatic carbocycles. The van der Waals surface area contributed by atoms with Gasteiger partial charge in [0.1, 0.15) is 6.04 Å². The molecule has 1 rings (SSSR count). The van der Waals surface area contributed by atoms with Crippen LogP contribution in [0.15, 0.2) is 22.8 Å². The topological polar surface area (TPSA) is 97.6 Å². The van der Waals surface area contributed by atoms with Crippen LogP contribution in [0.5, 0.6) is 0 Å². The van der Waals surface area contributed by atoms with Gasteiger partial charge in [0.15, 0.2) is 5.76 Å². The minimum atomic E-state index is -0.671. The highest BCUT2D eigenvalue weighted by molar-refractivity contribution is 5.95. The standard InChI is InChI=1S/C16H24N2O5/c1-4-22-13(19)8-5-9-17-16(21)14(11(2)3)18-15(20)12-7-6-10-23-12/h6-7,10-11,14H,4-5,8-9H2,1-3H3,(H,17,21)(H,18,20). The third-order valence-electron chi connectivity index (χ3n) is 3.14. The molecule has 0 aromatic carbocycles. The predicted molar refractivity (Wildman–Crippen MR) is 83.7 cm³/mol. The number of hydrogen-bond acceptors (Lipinski definition) is 5. The van der Waals surface area contributed by atoms with Gasteiger partial charge in [-0.25, -0.2) is 0 Å². The van der Waals surface area contributed by atoms with E-state index in [-0.39, 0.29) is 30.0 Å². The zero-order chi connectivity index (χ0) is 17.2. The zero-order valence-electron chi connectivity index (χ0n) is 13.8. The highest BCUT2D eigenvalue weighted by Crippen LogP contribution is 2.06. The molecule has 1 aromatic heterocycles. The fourth-order valence-corrected chi connectivity index (χ4v) is 1.94. The summed E-state index contributed by atoms with van der Waals surface area (Å²) in [4.78, 5) is 35.4. The molecule has 0 aliphatic rings. The normalized spacial score (nSPS) is 11.8. The Kier molecular flexibility index (Phi) is 7.87. The van der Waals surface area contributed by atoms with E-state index in [1.165, 1.54) is 12.3 Å². The Morgan fingerprint density at radius 2 is 2.04 bits per heavy atom. The number of amides is 2. The van der Waals surface area contributed by atoms with Gasteiger partial charge in [-0.3, -0.25) is 14.4 Å². The number of ether oxygens (including phenoxy) is 1. The van der Waals surface area contributed by atoms with Gasteiger partial charge in [0.2, 0.25) is 5.91 Å². The van der Waals surface area contributed by atoms with Crippen LogP contribution in [0.1, 0.15) is 44.2 Å². The molecule has 7 heteroatoms. The maximum absolute atomic E-state index is 12.2. The van der Waals surface area contributed by atoms with Crippen LogP contribution in [-0.4, -0.2) is 37.0 Å². The van der Waals surface area contributed by atoms with Crippen molar-refractivity contribution < 1.29 is 23.5 Å². The molecule has 0 aliphatic heterocycles. The van der Waals surface area contributed by atoms with E-state index in [2.05, 4.69) is 10.6 Å². The molecule has 0 spiro atoms. The van der Waals surface area contributed by atoms with Gasteiger partial charge in [-0.15, -0.1) is 0 Å². The molecule has 0 saturated carbocycles. The van der Waals surface area contributed by atoms with E-state index in [0.717, 1.165) is 0 Å². The minimum Gasteiger partial charge on any atom is -0.466 e. The highest BCUT2D eigenvalue weighted by Gasteiger charge is 2.25. The van der Waals surface area contributed by atoms with E-state index in [1.54, 1.807) is 13.0 Å². The fraction of sp³-hybridized carbons (Fsp3) is 0.562. The van der Waals surface area contributed by atoms with Crippen molar-refractivity contribution in [3.63, 3.8) is 0 Å². The molecular weight excluding hydrogens is 300 g/mol. The second kappa shape index (κ2) is 9.66. The molecule has 2 N–H and O–H groups in total. The first-order chi connectivity index (χ1) is 11.0. The van der Waals surface area contributed by atoms with Crippen molar-refractivity contribution >= 4 is 17.8 Å². The van der Waals surface area contributed by atoms with Gasteiger partial charge >= 0.3 is 5.97 Å². The van der Waals surface area contributed by atoms with Crippen LogP contribution >= 0.6 is 0 Å². The Hall–Kier alpha value is -2.31. The van der Waals surface area contributed by atoms with Gasteiger partial charge in [-0.2, -0.15) is 0 Å². The summed E-state index contributed by atoms with van der Waals surface area (Å²) in [5.74, 6) is -0.933. The van der Waals surface area contributed by atoms with Crippen molar-refractivity contribution in [2.45, 2.75) is 39.7 Å². The minimum absolute atomic E-state index is 0.0843. The Bertz CT molecular complexity index is 511. The lowest BCUT2D eigenvalue weighted by molar-refractivity contribution is -0.143. The lowest BCUT2D eigenvalue weighted by Crippen LogP contribution is -2.49. The Morgan fingerprint density at radius 3 is 2.61 bits per heavy atom. The summed E-state index contributed by atoms with van der Waals surface area (Å²) in [5.41, 5.74) is 0. The average Bonchev–Trinajstić information content (AvgIpc) is 3.03. The molecule has 1 heterocycles. The molecule has 0 radical (unpaired) electrons. The lowest BCUT2D eigenvalue weighted by Gasteiger charge is -2.21. The van der Waals surface area contributed by atoms with Crippen LogP contribution in [0.3, 0.4) is 0 Å². The van der Waals surface area contributed by atoms with Crippen molar-refractivity contribution in [2.75, 3.05) is 13.2 Å². The summed E-state index contributed by atoms with van der Waals surface area (Å²) >= 11 is 0. The van der Waals surface area contributed by atoms with Gasteiger partial charge in [0.05, 0.1) is 12.9 Å². The Labute approximate surface area is 135 Å². The van der Waals surface area contributed by atoms with Crippen LogP contribution in [0.2, 0.25) is 0 Å². The molecule has 1 aromatic rings. The molecule has 1 unspecified atom stereocenters. The number of carbonyl (C=O) groups excluding carboxylic acids is 3. The molecule has 23 heavy (non-hydrogen) atoms. The number of furan rings is 1. The van der Waals surface area contributed by atoms with E-state index < -0.39 is 11.9 Å².